The van der Waals surface area contributed by atoms with E-state index in [4.69, 9.17) is 10.5 Å². The van der Waals surface area contributed by atoms with Crippen LogP contribution in [0, 0.1) is 5.41 Å². The number of ether oxygens (including phenoxy) is 1. The number of carbonyl (C=O) groups is 1. The smallest absolute Gasteiger partial charge is 0.240 e. The third-order valence-corrected chi connectivity index (χ3v) is 4.97. The molecule has 0 aromatic carbocycles. The van der Waals surface area contributed by atoms with Gasteiger partial charge in [-0.1, -0.05) is 19.3 Å². The second-order valence-corrected chi connectivity index (χ2v) is 6.35. The van der Waals surface area contributed by atoms with Gasteiger partial charge in [0.15, 0.2) is 0 Å². The largest absolute Gasteiger partial charge is 0.382 e. The first-order valence-corrected chi connectivity index (χ1v) is 7.75. The Morgan fingerprint density at radius 3 is 2.35 bits per heavy atom. The molecule has 2 aliphatic carbocycles. The van der Waals surface area contributed by atoms with E-state index in [1.807, 2.05) is 6.92 Å². The fraction of sp³-hybridized carbons (Fsp3) is 0.933. The Labute approximate surface area is 128 Å². The summed E-state index contributed by atoms with van der Waals surface area (Å²) in [6.07, 6.45) is 8.58. The Balaban J connectivity index is 0.00000200. The summed E-state index contributed by atoms with van der Waals surface area (Å²) in [5.41, 5.74) is 5.86. The molecule has 20 heavy (non-hydrogen) atoms. The van der Waals surface area contributed by atoms with E-state index in [0.717, 1.165) is 51.9 Å². The van der Waals surface area contributed by atoms with Crippen molar-refractivity contribution in [2.75, 3.05) is 19.8 Å². The van der Waals surface area contributed by atoms with Crippen molar-refractivity contribution in [3.63, 3.8) is 0 Å². The summed E-state index contributed by atoms with van der Waals surface area (Å²) < 4.78 is 5.45. The van der Waals surface area contributed by atoms with Crippen LogP contribution in [0.5, 0.6) is 0 Å². The van der Waals surface area contributed by atoms with Crippen molar-refractivity contribution in [1.82, 2.24) is 5.32 Å². The molecule has 0 radical (unpaired) electrons. The highest BCUT2D eigenvalue weighted by Crippen LogP contribution is 2.43. The SMILES string of the molecule is CCOCCC1(CNC(=O)C2(N)CCCC2)CCC1.Cl. The van der Waals surface area contributed by atoms with E-state index in [-0.39, 0.29) is 23.7 Å². The van der Waals surface area contributed by atoms with Crippen LogP contribution in [0.15, 0.2) is 0 Å². The normalized spacial score (nSPS) is 22.7. The Bertz CT molecular complexity index is 313. The maximum absolute atomic E-state index is 12.2. The number of halogens is 1. The van der Waals surface area contributed by atoms with E-state index in [2.05, 4.69) is 5.32 Å². The van der Waals surface area contributed by atoms with E-state index >= 15 is 0 Å². The molecule has 3 N–H and O–H groups in total. The molecule has 0 atom stereocenters. The minimum absolute atomic E-state index is 0. The first-order valence-electron chi connectivity index (χ1n) is 7.75. The molecule has 2 rings (SSSR count). The molecule has 1 amide bonds. The number of hydrogen-bond acceptors (Lipinski definition) is 3. The van der Waals surface area contributed by atoms with Crippen LogP contribution in [-0.2, 0) is 9.53 Å². The average Bonchev–Trinajstić information content (AvgIpc) is 2.79. The predicted molar refractivity (Wildman–Crippen MR) is 83.0 cm³/mol. The minimum Gasteiger partial charge on any atom is -0.382 e. The van der Waals surface area contributed by atoms with E-state index in [1.54, 1.807) is 0 Å². The molecule has 0 aromatic heterocycles. The van der Waals surface area contributed by atoms with Gasteiger partial charge in [-0.05, 0) is 44.4 Å². The highest BCUT2D eigenvalue weighted by atomic mass is 35.5. The lowest BCUT2D eigenvalue weighted by Crippen LogP contribution is -2.54. The maximum atomic E-state index is 12.2. The molecular weight excluding hydrogens is 276 g/mol. The standard InChI is InChI=1S/C15H28N2O2.ClH/c1-2-19-11-10-14(6-5-7-14)12-17-13(18)15(16)8-3-4-9-15;/h2-12,16H2,1H3,(H,17,18);1H. The summed E-state index contributed by atoms with van der Waals surface area (Å²) in [5, 5.41) is 3.12. The topological polar surface area (TPSA) is 64.3 Å². The van der Waals surface area contributed by atoms with Crippen molar-refractivity contribution in [2.45, 2.75) is 63.8 Å². The van der Waals surface area contributed by atoms with Crippen molar-refractivity contribution >= 4 is 18.3 Å². The van der Waals surface area contributed by atoms with Gasteiger partial charge in [0.1, 0.15) is 0 Å². The quantitative estimate of drug-likeness (QED) is 0.710. The molecule has 118 valence electrons. The summed E-state index contributed by atoms with van der Waals surface area (Å²) in [5.74, 6) is 0.0627. The zero-order valence-corrected chi connectivity index (χ0v) is 13.4. The van der Waals surface area contributed by atoms with Gasteiger partial charge in [-0.2, -0.15) is 0 Å². The van der Waals surface area contributed by atoms with Crippen LogP contribution < -0.4 is 11.1 Å². The van der Waals surface area contributed by atoms with E-state index < -0.39 is 5.54 Å². The number of nitrogens with two attached hydrogens (primary N) is 1. The van der Waals surface area contributed by atoms with Gasteiger partial charge >= 0.3 is 0 Å². The predicted octanol–water partition coefficient (Wildman–Crippen LogP) is 2.39. The van der Waals surface area contributed by atoms with Crippen LogP contribution in [0.25, 0.3) is 0 Å². The molecule has 4 nitrogen and oxygen atoms in total. The minimum atomic E-state index is -0.592. The zero-order chi connectivity index (χ0) is 13.8. The molecule has 0 bridgehead atoms. The van der Waals surface area contributed by atoms with Gasteiger partial charge in [-0.3, -0.25) is 4.79 Å². The summed E-state index contributed by atoms with van der Waals surface area (Å²) in [4.78, 5) is 12.2. The van der Waals surface area contributed by atoms with E-state index in [0.29, 0.717) is 0 Å². The lowest BCUT2D eigenvalue weighted by Gasteiger charge is -2.42. The van der Waals surface area contributed by atoms with E-state index in [9.17, 15) is 4.79 Å². The van der Waals surface area contributed by atoms with Crippen molar-refractivity contribution in [3.05, 3.63) is 0 Å². The maximum Gasteiger partial charge on any atom is 0.240 e. The molecule has 0 aliphatic heterocycles. The molecule has 0 unspecified atom stereocenters. The van der Waals surface area contributed by atoms with Crippen molar-refractivity contribution in [2.24, 2.45) is 11.1 Å². The highest BCUT2D eigenvalue weighted by molar-refractivity contribution is 5.86. The van der Waals surface area contributed by atoms with Crippen LogP contribution in [-0.4, -0.2) is 31.2 Å². The monoisotopic (exact) mass is 304 g/mol. The zero-order valence-electron chi connectivity index (χ0n) is 12.6. The van der Waals surface area contributed by atoms with Crippen molar-refractivity contribution in [1.29, 1.82) is 0 Å². The van der Waals surface area contributed by atoms with Gasteiger partial charge in [0.05, 0.1) is 5.54 Å². The van der Waals surface area contributed by atoms with Gasteiger partial charge in [-0.15, -0.1) is 12.4 Å². The second-order valence-electron chi connectivity index (χ2n) is 6.35. The lowest BCUT2D eigenvalue weighted by molar-refractivity contribution is -0.127. The van der Waals surface area contributed by atoms with Gasteiger partial charge in [-0.25, -0.2) is 0 Å². The van der Waals surface area contributed by atoms with Gasteiger partial charge in [0.25, 0.3) is 0 Å². The van der Waals surface area contributed by atoms with Crippen LogP contribution in [0.2, 0.25) is 0 Å². The van der Waals surface area contributed by atoms with Gasteiger partial charge in [0, 0.05) is 19.8 Å². The van der Waals surface area contributed by atoms with Crippen molar-refractivity contribution in [3.8, 4) is 0 Å². The van der Waals surface area contributed by atoms with Crippen LogP contribution in [0.3, 0.4) is 0 Å². The summed E-state index contributed by atoms with van der Waals surface area (Å²) >= 11 is 0. The fourth-order valence-electron chi connectivity index (χ4n) is 3.30. The molecule has 2 aliphatic rings. The second kappa shape index (κ2) is 7.62. The highest BCUT2D eigenvalue weighted by Gasteiger charge is 2.40. The number of hydrogen-bond donors (Lipinski definition) is 2. The molecular formula is C15H29ClN2O2. The third kappa shape index (κ3) is 4.09. The Kier molecular flexibility index (Phi) is 6.76. The van der Waals surface area contributed by atoms with Crippen LogP contribution in [0.1, 0.15) is 58.3 Å². The summed E-state index contributed by atoms with van der Waals surface area (Å²) in [6, 6.07) is 0. The molecule has 2 fully saturated rings. The molecule has 5 heteroatoms. The molecule has 0 aromatic rings. The van der Waals surface area contributed by atoms with Gasteiger partial charge < -0.3 is 15.8 Å². The van der Waals surface area contributed by atoms with Crippen LogP contribution in [0.4, 0.5) is 0 Å². The Hall–Kier alpha value is -0.320. The van der Waals surface area contributed by atoms with Crippen molar-refractivity contribution < 1.29 is 9.53 Å². The fourth-order valence-corrected chi connectivity index (χ4v) is 3.30. The molecule has 0 heterocycles. The molecule has 0 saturated heterocycles. The Morgan fingerprint density at radius 2 is 1.85 bits per heavy atom. The molecule has 2 saturated carbocycles. The van der Waals surface area contributed by atoms with Gasteiger partial charge in [0.2, 0.25) is 5.91 Å². The van der Waals surface area contributed by atoms with E-state index in [1.165, 1.54) is 19.3 Å². The first-order chi connectivity index (χ1) is 9.10. The third-order valence-electron chi connectivity index (χ3n) is 4.97. The summed E-state index contributed by atoms with van der Waals surface area (Å²) in [7, 11) is 0. The first kappa shape index (κ1) is 17.7. The number of amides is 1. The Morgan fingerprint density at radius 1 is 1.20 bits per heavy atom. The number of rotatable bonds is 7. The lowest BCUT2D eigenvalue weighted by atomic mass is 9.66. The average molecular weight is 305 g/mol. The molecule has 0 spiro atoms. The number of carbonyl (C=O) groups excluding carboxylic acids is 1. The number of nitrogens with one attached hydrogen (secondary N) is 1. The summed E-state index contributed by atoms with van der Waals surface area (Å²) in [6.45, 7) is 4.37. The van der Waals surface area contributed by atoms with Crippen LogP contribution >= 0.6 is 12.4 Å².